The van der Waals surface area contributed by atoms with Crippen molar-refractivity contribution >= 4 is 133 Å². The smallest absolute Gasteiger partial charge is 0.396 e. The van der Waals surface area contributed by atoms with Crippen LogP contribution in [0.2, 0.25) is 0 Å². The number of thioether (sulfide) groups is 1. The molecule has 4 N–H and O–H groups in total. The van der Waals surface area contributed by atoms with Gasteiger partial charge in [0.1, 0.15) is 26.3 Å². The number of aliphatic hydroxyl groups excluding tert-OH is 1. The number of azo groups is 2. The lowest BCUT2D eigenvalue weighted by atomic mass is 10.2. The topological polar surface area (TPSA) is 270 Å². The van der Waals surface area contributed by atoms with Gasteiger partial charge < -0.3 is 25.5 Å². The second kappa shape index (κ2) is 25.7. The predicted molar refractivity (Wildman–Crippen MR) is 312 cm³/mol. The summed E-state index contributed by atoms with van der Waals surface area (Å²) in [6, 6.07) is 36.6. The van der Waals surface area contributed by atoms with Crippen LogP contribution in [0.1, 0.15) is 38.8 Å². The van der Waals surface area contributed by atoms with E-state index in [0.29, 0.717) is 65.8 Å². The van der Waals surface area contributed by atoms with E-state index < -0.39 is 20.7 Å². The van der Waals surface area contributed by atoms with Crippen molar-refractivity contribution in [3.63, 3.8) is 0 Å². The van der Waals surface area contributed by atoms with Crippen molar-refractivity contribution in [1.82, 2.24) is 24.9 Å². The minimum Gasteiger partial charge on any atom is -0.396 e. The number of thiazole rings is 2. The Morgan fingerprint density at radius 2 is 1.09 bits per heavy atom. The average Bonchev–Trinajstić information content (AvgIpc) is 4.12. The molecule has 0 radical (unpaired) electrons. The average molecular weight is 1140 g/mol. The van der Waals surface area contributed by atoms with Gasteiger partial charge >= 0.3 is 10.6 Å². The lowest BCUT2D eigenvalue weighted by Crippen LogP contribution is -2.21. The third-order valence-corrected chi connectivity index (χ3v) is 16.1. The minimum absolute atomic E-state index is 0.0771. The van der Waals surface area contributed by atoms with Gasteiger partial charge in [-0.15, -0.1) is 45.5 Å². The Balaban J connectivity index is 0.00000194. The van der Waals surface area contributed by atoms with Crippen molar-refractivity contribution in [2.45, 2.75) is 51.6 Å². The van der Waals surface area contributed by atoms with Crippen LogP contribution >= 0.6 is 34.4 Å². The normalized spacial score (nSPS) is 11.6. The number of benzene rings is 6. The van der Waals surface area contributed by atoms with E-state index in [2.05, 4.69) is 93.6 Å². The highest BCUT2D eigenvalue weighted by Crippen LogP contribution is 2.39. The molecule has 0 amide bonds. The van der Waals surface area contributed by atoms with Gasteiger partial charge in [-0.1, -0.05) is 23.9 Å². The Bertz CT molecular complexity index is 3880. The summed E-state index contributed by atoms with van der Waals surface area (Å²) < 4.78 is 61.3. The number of aryl methyl sites for hydroxylation is 2. The summed E-state index contributed by atoms with van der Waals surface area (Å²) in [5, 5.41) is 37.2. The number of aromatic nitrogens is 5. The number of anilines is 6. The summed E-state index contributed by atoms with van der Waals surface area (Å²) in [4.78, 5) is 28.2. The molecule has 0 aliphatic heterocycles. The van der Waals surface area contributed by atoms with E-state index in [9.17, 15) is 18.1 Å². The molecule has 0 fully saturated rings. The predicted octanol–water partition coefficient (Wildman–Crippen LogP) is 13.4. The largest absolute Gasteiger partial charge is 0.425 e. The zero-order valence-corrected chi connectivity index (χ0v) is 47.2. The highest BCUT2D eigenvalue weighted by Gasteiger charge is 2.21. The van der Waals surface area contributed by atoms with Crippen molar-refractivity contribution in [3.05, 3.63) is 126 Å². The highest BCUT2D eigenvalue weighted by molar-refractivity contribution is 7.99. The lowest BCUT2D eigenvalue weighted by molar-refractivity contribution is 0.322. The van der Waals surface area contributed by atoms with Gasteiger partial charge in [-0.2, -0.15) is 33.6 Å². The van der Waals surface area contributed by atoms with Crippen LogP contribution < -0.4 is 20.4 Å². The maximum Gasteiger partial charge on any atom is 0.425 e. The van der Waals surface area contributed by atoms with E-state index in [1.807, 2.05) is 72.8 Å². The summed E-state index contributed by atoms with van der Waals surface area (Å²) in [6.45, 7) is 15.2. The van der Waals surface area contributed by atoms with E-state index in [1.165, 1.54) is 28.7 Å². The quantitative estimate of drug-likeness (QED) is 0.0314. The van der Waals surface area contributed by atoms with Crippen molar-refractivity contribution in [2.24, 2.45) is 20.5 Å². The molecule has 0 atom stereocenters. The molecular weight excluding hydrogens is 1090 g/mol. The van der Waals surface area contributed by atoms with Crippen molar-refractivity contribution < 1.29 is 30.7 Å². The first kappa shape index (κ1) is 56.6. The monoisotopic (exact) mass is 1140 g/mol. The fourth-order valence-corrected chi connectivity index (χ4v) is 12.1. The number of hydrogen-bond acceptors (Lipinski definition) is 22. The van der Waals surface area contributed by atoms with E-state index in [4.69, 9.17) is 37.7 Å². The molecule has 3 heterocycles. The lowest BCUT2D eigenvalue weighted by Gasteiger charge is -2.22. The van der Waals surface area contributed by atoms with Gasteiger partial charge in [-0.05, 0) is 156 Å². The molecule has 78 heavy (non-hydrogen) atoms. The molecule has 25 heteroatoms. The maximum absolute atomic E-state index is 12.2. The number of fused-ring (bicyclic) bond motifs is 2. The van der Waals surface area contributed by atoms with Gasteiger partial charge in [0, 0.05) is 54.4 Å². The van der Waals surface area contributed by atoms with Crippen LogP contribution in [0.15, 0.2) is 146 Å². The summed E-state index contributed by atoms with van der Waals surface area (Å²) in [5.41, 5.74) is 10.3. The summed E-state index contributed by atoms with van der Waals surface area (Å²) >= 11 is 4.15. The number of nitrogens with one attached hydrogen (secondary N) is 2. The summed E-state index contributed by atoms with van der Waals surface area (Å²) in [6.07, 6.45) is 0. The molecule has 0 saturated carbocycles. The number of rotatable bonds is 20. The molecule has 0 unspecified atom stereocenters. The Kier molecular flexibility index (Phi) is 18.6. The highest BCUT2D eigenvalue weighted by atomic mass is 32.2. The standard InChI is InChI=1S/C53H53N13O4S4.O3S/c1-7-65(8-2)38-21-25-40(63-61-36-17-13-34(14-18-36)49-54-42-23-11-32(5)29-46(42)72-49)44(30-38)56-51-58-52(60-53(59-51)71-28-27-67)57-45-31-39(66(9-3)10-4)22-26-41(45)64-62-37-19-15-35(16-20-37)50-55-43-24-12-33(6)48(47(43)73-50)74(68,69)70;1-4(2)3/h11-26,29-31,67H,7-10,27-28H2,1-6H3,(H,68,69,70)(H2,56,57,58,59,60);. The third-order valence-electron chi connectivity index (χ3n) is 11.9. The SMILES string of the molecule is CCN(CC)c1ccc(N=Nc2ccc(-c3nc4ccc(C)cc4s3)cc2)c(Nc2nc(Nc3cc(N(CC)CC)ccc3N=Nc3ccc(-c4nc5ccc(C)c(S(=O)(=O)O)c5s4)cc3)nc(SCCO)n2)c1.O=S(=O)=O. The molecule has 3 aromatic heterocycles. The van der Waals surface area contributed by atoms with Gasteiger partial charge in [-0.25, -0.2) is 9.97 Å². The molecule has 0 spiro atoms. The van der Waals surface area contributed by atoms with Gasteiger partial charge in [0.2, 0.25) is 11.9 Å². The fourth-order valence-electron chi connectivity index (χ4n) is 8.13. The second-order valence-corrected chi connectivity index (χ2v) is 21.9. The second-order valence-electron chi connectivity index (χ2n) is 17.1. The molecule has 0 saturated heterocycles. The van der Waals surface area contributed by atoms with Gasteiger partial charge in [0.25, 0.3) is 10.1 Å². The molecule has 0 bridgehead atoms. The molecule has 6 aromatic carbocycles. The van der Waals surface area contributed by atoms with Crippen LogP contribution in [0.25, 0.3) is 41.6 Å². The maximum atomic E-state index is 12.2. The summed E-state index contributed by atoms with van der Waals surface area (Å²) in [7, 11) is -7.56. The molecule has 0 aliphatic carbocycles. The van der Waals surface area contributed by atoms with Gasteiger partial charge in [0.05, 0.1) is 49.8 Å². The van der Waals surface area contributed by atoms with Crippen LogP contribution in [-0.2, 0) is 20.7 Å². The summed E-state index contributed by atoms with van der Waals surface area (Å²) in [5.74, 6) is 0.833. The fraction of sp³-hybridized carbons (Fsp3) is 0.226. The first-order chi connectivity index (χ1) is 37.5. The van der Waals surface area contributed by atoms with Crippen molar-refractivity contribution in [1.29, 1.82) is 0 Å². The molecule has 20 nitrogen and oxygen atoms in total. The van der Waals surface area contributed by atoms with E-state index in [-0.39, 0.29) is 23.4 Å². The Morgan fingerprint density at radius 1 is 0.603 bits per heavy atom. The van der Waals surface area contributed by atoms with Crippen molar-refractivity contribution in [3.8, 4) is 21.1 Å². The zero-order chi connectivity index (χ0) is 55.5. The molecule has 9 aromatic rings. The number of hydrogen-bond donors (Lipinski definition) is 4. The Morgan fingerprint density at radius 3 is 1.58 bits per heavy atom. The number of aliphatic hydroxyl groups is 1. The molecular formula is C53H53N13O7S5. The first-order valence-electron chi connectivity index (χ1n) is 24.4. The minimum atomic E-state index is -4.45. The van der Waals surface area contributed by atoms with Crippen LogP contribution in [-0.4, -0.2) is 94.2 Å². The van der Waals surface area contributed by atoms with Crippen molar-refractivity contribution in [2.75, 3.05) is 59.0 Å². The Hall–Kier alpha value is -7.65. The van der Waals surface area contributed by atoms with Crippen LogP contribution in [0, 0.1) is 13.8 Å². The number of nitrogens with zero attached hydrogens (tertiary/aromatic N) is 11. The van der Waals surface area contributed by atoms with Gasteiger partial charge in [-0.3, -0.25) is 4.55 Å². The third kappa shape index (κ3) is 14.1. The van der Waals surface area contributed by atoms with Crippen LogP contribution in [0.5, 0.6) is 0 Å². The van der Waals surface area contributed by atoms with Gasteiger partial charge in [0.15, 0.2) is 5.16 Å². The zero-order valence-electron chi connectivity index (χ0n) is 43.1. The van der Waals surface area contributed by atoms with Crippen LogP contribution in [0.4, 0.5) is 57.4 Å². The van der Waals surface area contributed by atoms with E-state index >= 15 is 0 Å². The molecule has 0 aliphatic rings. The van der Waals surface area contributed by atoms with E-state index in [1.54, 1.807) is 42.5 Å². The molecule has 9 rings (SSSR count). The molecule has 402 valence electrons. The first-order valence-corrected chi connectivity index (χ1v) is 29.5. The Labute approximate surface area is 464 Å². The van der Waals surface area contributed by atoms with E-state index in [0.717, 1.165) is 63.9 Å². The van der Waals surface area contributed by atoms with Crippen LogP contribution in [0.3, 0.4) is 0 Å².